The van der Waals surface area contributed by atoms with Gasteiger partial charge in [-0.05, 0) is 25.5 Å². The summed E-state index contributed by atoms with van der Waals surface area (Å²) >= 11 is 0. The second-order valence-electron chi connectivity index (χ2n) is 4.19. The summed E-state index contributed by atoms with van der Waals surface area (Å²) in [6.07, 6.45) is 1.13. The molecule has 4 nitrogen and oxygen atoms in total. The van der Waals surface area contributed by atoms with Crippen molar-refractivity contribution in [3.8, 4) is 5.75 Å². The number of carbonyl (C=O) groups excluding carboxylic acids is 1. The van der Waals surface area contributed by atoms with Crippen LogP contribution in [-0.4, -0.2) is 31.1 Å². The average molecular weight is 236 g/mol. The zero-order valence-electron chi connectivity index (χ0n) is 10.9. The van der Waals surface area contributed by atoms with Gasteiger partial charge in [-0.1, -0.05) is 13.0 Å². The van der Waals surface area contributed by atoms with Gasteiger partial charge >= 0.3 is 6.03 Å². The molecule has 0 spiro atoms. The molecule has 0 aliphatic rings. The smallest absolute Gasteiger partial charge is 0.321 e. The maximum absolute atomic E-state index is 11.5. The number of ether oxygens (including phenoxy) is 1. The molecular weight excluding hydrogens is 216 g/mol. The Kier molecular flexibility index (Phi) is 4.82. The van der Waals surface area contributed by atoms with Crippen LogP contribution < -0.4 is 10.1 Å². The van der Waals surface area contributed by atoms with Gasteiger partial charge in [0.2, 0.25) is 0 Å². The van der Waals surface area contributed by atoms with E-state index in [2.05, 4.69) is 12.2 Å². The van der Waals surface area contributed by atoms with Gasteiger partial charge in [-0.3, -0.25) is 0 Å². The highest BCUT2D eigenvalue weighted by Crippen LogP contribution is 2.19. The van der Waals surface area contributed by atoms with Crippen LogP contribution in [0.3, 0.4) is 0 Å². The molecule has 1 rings (SSSR count). The van der Waals surface area contributed by atoms with Crippen molar-refractivity contribution in [2.75, 3.05) is 19.4 Å². The van der Waals surface area contributed by atoms with Crippen molar-refractivity contribution in [1.82, 2.24) is 4.90 Å². The average Bonchev–Trinajstić information content (AvgIpc) is 2.29. The lowest BCUT2D eigenvalue weighted by atomic mass is 10.3. The van der Waals surface area contributed by atoms with E-state index in [-0.39, 0.29) is 12.1 Å². The van der Waals surface area contributed by atoms with Crippen molar-refractivity contribution in [2.45, 2.75) is 26.4 Å². The van der Waals surface area contributed by atoms with E-state index in [0.29, 0.717) is 0 Å². The number of anilines is 1. The maximum atomic E-state index is 11.5. The molecule has 0 bridgehead atoms. The molecule has 0 radical (unpaired) electrons. The number of hydrogen-bond acceptors (Lipinski definition) is 2. The van der Waals surface area contributed by atoms with Crippen LogP contribution in [0.4, 0.5) is 10.5 Å². The Hall–Kier alpha value is -1.71. The molecule has 0 fully saturated rings. The summed E-state index contributed by atoms with van der Waals surface area (Å²) < 4.78 is 5.68. The number of urea groups is 1. The normalized spacial score (nSPS) is 11.8. The summed E-state index contributed by atoms with van der Waals surface area (Å²) in [6, 6.07) is 7.27. The Morgan fingerprint density at radius 1 is 1.47 bits per heavy atom. The molecule has 2 amide bonds. The number of nitrogens with zero attached hydrogens (tertiary/aromatic N) is 1. The lowest BCUT2D eigenvalue weighted by Gasteiger charge is -2.15. The van der Waals surface area contributed by atoms with Crippen molar-refractivity contribution in [3.05, 3.63) is 24.3 Å². The van der Waals surface area contributed by atoms with Gasteiger partial charge in [0.1, 0.15) is 5.75 Å². The molecular formula is C13H20N2O2. The molecule has 0 aromatic heterocycles. The van der Waals surface area contributed by atoms with Crippen LogP contribution in [0.5, 0.6) is 5.75 Å². The second kappa shape index (κ2) is 6.13. The van der Waals surface area contributed by atoms with Crippen LogP contribution in [0.2, 0.25) is 0 Å². The minimum Gasteiger partial charge on any atom is -0.491 e. The van der Waals surface area contributed by atoms with Crippen molar-refractivity contribution >= 4 is 11.7 Å². The van der Waals surface area contributed by atoms with Crippen LogP contribution in [0, 0.1) is 0 Å². The monoisotopic (exact) mass is 236 g/mol. The van der Waals surface area contributed by atoms with E-state index < -0.39 is 0 Å². The van der Waals surface area contributed by atoms with E-state index >= 15 is 0 Å². The predicted molar refractivity (Wildman–Crippen MR) is 69.5 cm³/mol. The summed E-state index contributed by atoms with van der Waals surface area (Å²) in [6.45, 7) is 4.09. The summed E-state index contributed by atoms with van der Waals surface area (Å²) in [5, 5.41) is 2.78. The minimum absolute atomic E-state index is 0.148. The van der Waals surface area contributed by atoms with Crippen molar-refractivity contribution < 1.29 is 9.53 Å². The number of benzene rings is 1. The Morgan fingerprint density at radius 2 is 2.18 bits per heavy atom. The molecule has 1 unspecified atom stereocenters. The van der Waals surface area contributed by atoms with Gasteiger partial charge in [-0.2, -0.15) is 0 Å². The van der Waals surface area contributed by atoms with Gasteiger partial charge in [0.15, 0.2) is 0 Å². The quantitative estimate of drug-likeness (QED) is 0.873. The Morgan fingerprint density at radius 3 is 2.76 bits per heavy atom. The summed E-state index contributed by atoms with van der Waals surface area (Å²) in [5.74, 6) is 0.774. The highest BCUT2D eigenvalue weighted by atomic mass is 16.5. The number of amides is 2. The topological polar surface area (TPSA) is 41.6 Å². The van der Waals surface area contributed by atoms with Crippen molar-refractivity contribution in [1.29, 1.82) is 0 Å². The van der Waals surface area contributed by atoms with Gasteiger partial charge in [-0.15, -0.1) is 0 Å². The van der Waals surface area contributed by atoms with Crippen LogP contribution in [0.1, 0.15) is 20.3 Å². The first-order chi connectivity index (χ1) is 8.02. The number of hydrogen-bond donors (Lipinski definition) is 1. The van der Waals surface area contributed by atoms with Crippen LogP contribution in [0.15, 0.2) is 24.3 Å². The first-order valence-electron chi connectivity index (χ1n) is 5.78. The van der Waals surface area contributed by atoms with Crippen molar-refractivity contribution in [3.63, 3.8) is 0 Å². The summed E-state index contributed by atoms with van der Waals surface area (Å²) in [7, 11) is 3.41. The Bertz CT molecular complexity index is 377. The maximum Gasteiger partial charge on any atom is 0.321 e. The molecule has 0 heterocycles. The molecule has 0 aliphatic carbocycles. The minimum atomic E-state index is -0.148. The third-order valence-corrected chi connectivity index (χ3v) is 2.40. The molecule has 1 N–H and O–H groups in total. The van der Waals surface area contributed by atoms with Crippen LogP contribution in [0.25, 0.3) is 0 Å². The third-order valence-electron chi connectivity index (χ3n) is 2.40. The standard InChI is InChI=1S/C13H20N2O2/c1-5-10(2)17-12-8-6-7-11(9-12)14-13(16)15(3)4/h6-10H,5H2,1-4H3,(H,14,16). The molecule has 1 aromatic rings. The van der Waals surface area contributed by atoms with Crippen LogP contribution in [-0.2, 0) is 0 Å². The zero-order valence-corrected chi connectivity index (χ0v) is 10.9. The lowest BCUT2D eigenvalue weighted by molar-refractivity contribution is 0.217. The lowest BCUT2D eigenvalue weighted by Crippen LogP contribution is -2.27. The molecule has 0 aliphatic heterocycles. The summed E-state index contributed by atoms with van der Waals surface area (Å²) in [5.41, 5.74) is 0.740. The van der Waals surface area contributed by atoms with Gasteiger partial charge in [-0.25, -0.2) is 4.79 Å². The van der Waals surface area contributed by atoms with Gasteiger partial charge in [0, 0.05) is 25.8 Å². The molecule has 1 aromatic carbocycles. The van der Waals surface area contributed by atoms with Gasteiger partial charge in [0.25, 0.3) is 0 Å². The van der Waals surface area contributed by atoms with E-state index in [1.807, 2.05) is 31.2 Å². The number of carbonyl (C=O) groups is 1. The second-order valence-corrected chi connectivity index (χ2v) is 4.19. The molecule has 1 atom stereocenters. The number of rotatable bonds is 4. The van der Waals surface area contributed by atoms with E-state index in [1.165, 1.54) is 4.90 Å². The first kappa shape index (κ1) is 13.4. The SMILES string of the molecule is CCC(C)Oc1cccc(NC(=O)N(C)C)c1. The largest absolute Gasteiger partial charge is 0.491 e. The van der Waals surface area contributed by atoms with E-state index in [1.54, 1.807) is 14.1 Å². The zero-order chi connectivity index (χ0) is 12.8. The molecule has 94 valence electrons. The van der Waals surface area contributed by atoms with Gasteiger partial charge < -0.3 is 15.0 Å². The van der Waals surface area contributed by atoms with E-state index in [4.69, 9.17) is 4.74 Å². The van der Waals surface area contributed by atoms with Crippen molar-refractivity contribution in [2.24, 2.45) is 0 Å². The van der Waals surface area contributed by atoms with E-state index in [0.717, 1.165) is 17.9 Å². The predicted octanol–water partition coefficient (Wildman–Crippen LogP) is 2.96. The fraction of sp³-hybridized carbons (Fsp3) is 0.462. The first-order valence-corrected chi connectivity index (χ1v) is 5.78. The third kappa shape index (κ3) is 4.34. The Balaban J connectivity index is 2.69. The fourth-order valence-corrected chi connectivity index (χ4v) is 1.20. The molecule has 17 heavy (non-hydrogen) atoms. The highest BCUT2D eigenvalue weighted by molar-refractivity contribution is 5.89. The number of nitrogens with one attached hydrogen (secondary N) is 1. The molecule has 0 saturated heterocycles. The molecule has 0 saturated carbocycles. The highest BCUT2D eigenvalue weighted by Gasteiger charge is 2.05. The fourth-order valence-electron chi connectivity index (χ4n) is 1.20. The van der Waals surface area contributed by atoms with Crippen LogP contribution >= 0.6 is 0 Å². The molecule has 4 heteroatoms. The van der Waals surface area contributed by atoms with Gasteiger partial charge in [0.05, 0.1) is 6.10 Å². The van der Waals surface area contributed by atoms with E-state index in [9.17, 15) is 4.79 Å². The Labute approximate surface area is 103 Å². The summed E-state index contributed by atoms with van der Waals surface area (Å²) in [4.78, 5) is 13.0.